The SMILES string of the molecule is CC(C)(C)OC(=O)NC1CCC(O)CC1N(CC(F)F)C1CC1. The number of nitrogens with one attached hydrogen (secondary N) is 1. The lowest BCUT2D eigenvalue weighted by Crippen LogP contribution is -2.57. The van der Waals surface area contributed by atoms with E-state index in [-0.39, 0.29) is 24.7 Å². The van der Waals surface area contributed by atoms with Crippen LogP contribution in [0.5, 0.6) is 0 Å². The van der Waals surface area contributed by atoms with Gasteiger partial charge in [0, 0.05) is 18.1 Å². The first-order valence-corrected chi connectivity index (χ1v) is 8.37. The Morgan fingerprint density at radius 2 is 1.96 bits per heavy atom. The van der Waals surface area contributed by atoms with Crippen LogP contribution < -0.4 is 5.32 Å². The molecule has 2 aliphatic carbocycles. The van der Waals surface area contributed by atoms with E-state index < -0.39 is 24.2 Å². The predicted octanol–water partition coefficient (Wildman–Crippen LogP) is 2.52. The average Bonchev–Trinajstić information content (AvgIpc) is 3.20. The third kappa shape index (κ3) is 5.88. The van der Waals surface area contributed by atoms with Crippen LogP contribution in [-0.4, -0.2) is 58.9 Å². The number of alkyl carbamates (subject to hydrolysis) is 1. The fourth-order valence-electron chi connectivity index (χ4n) is 3.24. The lowest BCUT2D eigenvalue weighted by atomic mass is 9.87. The largest absolute Gasteiger partial charge is 0.444 e. The van der Waals surface area contributed by atoms with E-state index in [1.165, 1.54) is 0 Å². The predicted molar refractivity (Wildman–Crippen MR) is 82.5 cm³/mol. The van der Waals surface area contributed by atoms with E-state index in [2.05, 4.69) is 5.32 Å². The number of carbonyl (C=O) groups is 1. The number of rotatable bonds is 5. The molecular weight excluding hydrogens is 306 g/mol. The van der Waals surface area contributed by atoms with Crippen LogP contribution in [-0.2, 0) is 4.74 Å². The summed E-state index contributed by atoms with van der Waals surface area (Å²) in [5, 5.41) is 12.8. The normalized spacial score (nSPS) is 29.0. The van der Waals surface area contributed by atoms with Gasteiger partial charge in [-0.1, -0.05) is 0 Å². The second-order valence-corrected chi connectivity index (χ2v) is 7.61. The zero-order valence-corrected chi connectivity index (χ0v) is 14.1. The van der Waals surface area contributed by atoms with Gasteiger partial charge < -0.3 is 15.2 Å². The number of ether oxygens (including phenoxy) is 1. The van der Waals surface area contributed by atoms with Gasteiger partial charge in [-0.2, -0.15) is 0 Å². The van der Waals surface area contributed by atoms with E-state index in [4.69, 9.17) is 4.74 Å². The molecule has 2 fully saturated rings. The molecule has 0 heterocycles. The van der Waals surface area contributed by atoms with Crippen LogP contribution in [0.1, 0.15) is 52.9 Å². The zero-order chi connectivity index (χ0) is 17.2. The molecule has 2 aliphatic rings. The van der Waals surface area contributed by atoms with E-state index in [1.54, 1.807) is 25.7 Å². The van der Waals surface area contributed by atoms with Crippen LogP contribution in [0.2, 0.25) is 0 Å². The summed E-state index contributed by atoms with van der Waals surface area (Å²) in [6.07, 6.45) is -0.119. The van der Waals surface area contributed by atoms with Crippen molar-refractivity contribution in [3.63, 3.8) is 0 Å². The molecule has 3 atom stereocenters. The second-order valence-electron chi connectivity index (χ2n) is 7.61. The Kier molecular flexibility index (Phi) is 5.84. The molecule has 1 amide bonds. The molecule has 3 unspecified atom stereocenters. The van der Waals surface area contributed by atoms with Crippen LogP contribution in [0.4, 0.5) is 13.6 Å². The highest BCUT2D eigenvalue weighted by Gasteiger charge is 2.42. The minimum Gasteiger partial charge on any atom is -0.444 e. The van der Waals surface area contributed by atoms with Gasteiger partial charge in [-0.15, -0.1) is 0 Å². The summed E-state index contributed by atoms with van der Waals surface area (Å²) in [6, 6.07) is -0.400. The van der Waals surface area contributed by atoms with Gasteiger partial charge in [0.05, 0.1) is 12.6 Å². The van der Waals surface area contributed by atoms with Crippen molar-refractivity contribution in [2.45, 2.75) is 89.1 Å². The molecule has 5 nitrogen and oxygen atoms in total. The molecular formula is C16H28F2N2O3. The third-order valence-corrected chi connectivity index (χ3v) is 4.28. The van der Waals surface area contributed by atoms with Crippen molar-refractivity contribution in [1.82, 2.24) is 10.2 Å². The van der Waals surface area contributed by atoms with Gasteiger partial charge in [-0.25, -0.2) is 13.6 Å². The zero-order valence-electron chi connectivity index (χ0n) is 14.1. The maximum absolute atomic E-state index is 12.9. The van der Waals surface area contributed by atoms with E-state index >= 15 is 0 Å². The standard InChI is InChI=1S/C16H28F2N2O3/c1-16(2,3)23-15(22)19-12-7-6-11(21)8-13(12)20(9-14(17)18)10-4-5-10/h10-14,21H,4-9H2,1-3H3,(H,19,22). The maximum Gasteiger partial charge on any atom is 0.407 e. The fourth-order valence-corrected chi connectivity index (χ4v) is 3.24. The van der Waals surface area contributed by atoms with Crippen LogP contribution in [0.15, 0.2) is 0 Å². The van der Waals surface area contributed by atoms with Crippen molar-refractivity contribution >= 4 is 6.09 Å². The summed E-state index contributed by atoms with van der Waals surface area (Å²) in [6.45, 7) is 5.03. The molecule has 0 radical (unpaired) electrons. The first kappa shape index (κ1) is 18.4. The average molecular weight is 334 g/mol. The van der Waals surface area contributed by atoms with Gasteiger partial charge >= 0.3 is 6.09 Å². The number of aliphatic hydroxyl groups is 1. The Hall–Kier alpha value is -0.950. The monoisotopic (exact) mass is 334 g/mol. The Morgan fingerprint density at radius 3 is 2.48 bits per heavy atom. The van der Waals surface area contributed by atoms with Gasteiger partial charge in [-0.05, 0) is 52.9 Å². The lowest BCUT2D eigenvalue weighted by Gasteiger charge is -2.42. The molecule has 2 N–H and O–H groups in total. The van der Waals surface area contributed by atoms with Crippen molar-refractivity contribution in [3.8, 4) is 0 Å². The summed E-state index contributed by atoms with van der Waals surface area (Å²) in [5.74, 6) is 0. The third-order valence-electron chi connectivity index (χ3n) is 4.28. The van der Waals surface area contributed by atoms with Gasteiger partial charge in [0.2, 0.25) is 0 Å². The minimum absolute atomic E-state index is 0.141. The Balaban J connectivity index is 2.04. The summed E-state index contributed by atoms with van der Waals surface area (Å²) >= 11 is 0. The van der Waals surface area contributed by atoms with Crippen molar-refractivity contribution in [2.75, 3.05) is 6.54 Å². The van der Waals surface area contributed by atoms with Gasteiger partial charge in [0.25, 0.3) is 6.43 Å². The molecule has 0 aromatic heterocycles. The molecule has 2 rings (SSSR count). The maximum atomic E-state index is 12.9. The van der Waals surface area contributed by atoms with E-state index in [9.17, 15) is 18.7 Å². The number of alkyl halides is 2. The molecule has 2 saturated carbocycles. The second kappa shape index (κ2) is 7.30. The van der Waals surface area contributed by atoms with Gasteiger partial charge in [-0.3, -0.25) is 4.90 Å². The molecule has 0 aliphatic heterocycles. The first-order chi connectivity index (χ1) is 10.7. The number of nitrogens with zero attached hydrogens (tertiary/aromatic N) is 1. The van der Waals surface area contributed by atoms with Crippen LogP contribution in [0, 0.1) is 0 Å². The Bertz CT molecular complexity index is 411. The van der Waals surface area contributed by atoms with Crippen LogP contribution >= 0.6 is 0 Å². The molecule has 7 heteroatoms. The number of hydrogen-bond donors (Lipinski definition) is 2. The van der Waals surface area contributed by atoms with Crippen molar-refractivity contribution < 1.29 is 23.4 Å². The lowest BCUT2D eigenvalue weighted by molar-refractivity contribution is -0.00128. The van der Waals surface area contributed by atoms with Gasteiger partial charge in [0.1, 0.15) is 5.60 Å². The van der Waals surface area contributed by atoms with E-state index in [1.807, 2.05) is 0 Å². The highest BCUT2D eigenvalue weighted by Crippen LogP contribution is 2.34. The first-order valence-electron chi connectivity index (χ1n) is 8.37. The number of amides is 1. The van der Waals surface area contributed by atoms with E-state index in [0.717, 1.165) is 12.8 Å². The highest BCUT2D eigenvalue weighted by molar-refractivity contribution is 5.68. The summed E-state index contributed by atoms with van der Waals surface area (Å²) in [7, 11) is 0. The van der Waals surface area contributed by atoms with Gasteiger partial charge in [0.15, 0.2) is 0 Å². The number of carbonyl (C=O) groups excluding carboxylic acids is 1. The quantitative estimate of drug-likeness (QED) is 0.811. The topological polar surface area (TPSA) is 61.8 Å². The number of aliphatic hydroxyl groups excluding tert-OH is 1. The molecule has 0 bridgehead atoms. The summed E-state index contributed by atoms with van der Waals surface area (Å²) < 4.78 is 31.1. The van der Waals surface area contributed by atoms with Crippen molar-refractivity contribution in [3.05, 3.63) is 0 Å². The highest BCUT2D eigenvalue weighted by atomic mass is 19.3. The Labute approximate surface area is 136 Å². The minimum atomic E-state index is -2.42. The summed E-state index contributed by atoms with van der Waals surface area (Å²) in [4.78, 5) is 13.8. The Morgan fingerprint density at radius 1 is 1.30 bits per heavy atom. The van der Waals surface area contributed by atoms with E-state index in [0.29, 0.717) is 19.3 Å². The van der Waals surface area contributed by atoms with Crippen LogP contribution in [0.3, 0.4) is 0 Å². The molecule has 0 spiro atoms. The molecule has 0 aromatic rings. The van der Waals surface area contributed by atoms with Crippen molar-refractivity contribution in [2.24, 2.45) is 0 Å². The number of halogens is 2. The number of hydrogen-bond acceptors (Lipinski definition) is 4. The molecule has 134 valence electrons. The smallest absolute Gasteiger partial charge is 0.407 e. The fraction of sp³-hybridized carbons (Fsp3) is 0.938. The van der Waals surface area contributed by atoms with Crippen LogP contribution in [0.25, 0.3) is 0 Å². The molecule has 23 heavy (non-hydrogen) atoms. The summed E-state index contributed by atoms with van der Waals surface area (Å²) in [5.41, 5.74) is -0.604. The van der Waals surface area contributed by atoms with Crippen molar-refractivity contribution in [1.29, 1.82) is 0 Å². The molecule has 0 aromatic carbocycles. The molecule has 0 saturated heterocycles.